The molecule has 1 atom stereocenters. The van der Waals surface area contributed by atoms with Crippen LogP contribution in [0.4, 0.5) is 5.00 Å². The summed E-state index contributed by atoms with van der Waals surface area (Å²) in [6.07, 6.45) is 0. The number of carbonyl (C=O) groups excluding carboxylic acids is 1. The first-order valence-electron chi connectivity index (χ1n) is 4.94. The zero-order valence-corrected chi connectivity index (χ0v) is 10.4. The van der Waals surface area contributed by atoms with Crippen molar-refractivity contribution >= 4 is 22.3 Å². The molecule has 1 aromatic rings. The quantitative estimate of drug-likeness (QED) is 0.808. The maximum Gasteiger partial charge on any atom is 0.340 e. The van der Waals surface area contributed by atoms with Gasteiger partial charge in [0.15, 0.2) is 0 Å². The van der Waals surface area contributed by atoms with Gasteiger partial charge in [-0.1, -0.05) is 20.8 Å². The lowest BCUT2D eigenvalue weighted by molar-refractivity contribution is 0.0602. The van der Waals surface area contributed by atoms with Gasteiger partial charge in [0.1, 0.15) is 5.00 Å². The molecule has 0 aliphatic carbocycles. The van der Waals surface area contributed by atoms with Gasteiger partial charge >= 0.3 is 5.97 Å². The minimum Gasteiger partial charge on any atom is -0.465 e. The van der Waals surface area contributed by atoms with E-state index in [1.807, 2.05) is 6.07 Å². The lowest BCUT2D eigenvalue weighted by Gasteiger charge is -2.12. The highest BCUT2D eigenvalue weighted by atomic mass is 32.1. The topological polar surface area (TPSA) is 52.3 Å². The van der Waals surface area contributed by atoms with Crippen LogP contribution in [-0.2, 0) is 4.74 Å². The molecule has 1 heterocycles. The fraction of sp³-hybridized carbons (Fsp3) is 0.545. The van der Waals surface area contributed by atoms with Crippen molar-refractivity contribution in [3.63, 3.8) is 0 Å². The molecule has 0 bridgehead atoms. The second-order valence-electron chi connectivity index (χ2n) is 3.95. The summed E-state index contributed by atoms with van der Waals surface area (Å²) in [5.74, 6) is 0.593. The predicted octanol–water partition coefficient (Wildman–Crippen LogP) is 2.88. The number of nitrogen functional groups attached to an aromatic ring is 1. The predicted molar refractivity (Wildman–Crippen MR) is 63.3 cm³/mol. The molecule has 0 aliphatic rings. The van der Waals surface area contributed by atoms with Gasteiger partial charge < -0.3 is 10.5 Å². The van der Waals surface area contributed by atoms with E-state index in [1.54, 1.807) is 0 Å². The molecule has 1 unspecified atom stereocenters. The Labute approximate surface area is 94.2 Å². The average Bonchev–Trinajstić information content (AvgIpc) is 2.57. The molecule has 0 fully saturated rings. The lowest BCUT2D eigenvalue weighted by atomic mass is 9.96. The number of thiophene rings is 1. The number of carbonyl (C=O) groups is 1. The summed E-state index contributed by atoms with van der Waals surface area (Å²) in [7, 11) is 1.37. The number of nitrogens with two attached hydrogens (primary N) is 1. The minimum atomic E-state index is -0.356. The second kappa shape index (κ2) is 4.66. The van der Waals surface area contributed by atoms with Gasteiger partial charge in [0.25, 0.3) is 0 Å². The van der Waals surface area contributed by atoms with Crippen LogP contribution in [0.2, 0.25) is 0 Å². The third-order valence-corrected chi connectivity index (χ3v) is 3.80. The number of anilines is 1. The van der Waals surface area contributed by atoms with Crippen molar-refractivity contribution in [3.8, 4) is 0 Å². The first-order valence-corrected chi connectivity index (χ1v) is 5.76. The van der Waals surface area contributed by atoms with Crippen LogP contribution >= 0.6 is 11.3 Å². The molecule has 1 rings (SSSR count). The van der Waals surface area contributed by atoms with E-state index in [1.165, 1.54) is 18.4 Å². The Hall–Kier alpha value is -1.03. The largest absolute Gasteiger partial charge is 0.465 e. The molecule has 2 N–H and O–H groups in total. The first kappa shape index (κ1) is 12.0. The maximum atomic E-state index is 11.3. The van der Waals surface area contributed by atoms with Crippen LogP contribution in [0.5, 0.6) is 0 Å². The van der Waals surface area contributed by atoms with E-state index in [0.29, 0.717) is 22.4 Å². The van der Waals surface area contributed by atoms with E-state index in [0.717, 1.165) is 4.88 Å². The molecule has 0 spiro atoms. The molecule has 1 aromatic heterocycles. The summed E-state index contributed by atoms with van der Waals surface area (Å²) in [5, 5.41) is 0.546. The number of hydrogen-bond donors (Lipinski definition) is 1. The van der Waals surface area contributed by atoms with E-state index < -0.39 is 0 Å². The van der Waals surface area contributed by atoms with Crippen LogP contribution in [0.3, 0.4) is 0 Å². The van der Waals surface area contributed by atoms with Crippen LogP contribution < -0.4 is 5.73 Å². The lowest BCUT2D eigenvalue weighted by Crippen LogP contribution is -2.02. The van der Waals surface area contributed by atoms with E-state index in [4.69, 9.17) is 5.73 Å². The molecule has 4 heteroatoms. The molecule has 0 radical (unpaired) electrons. The van der Waals surface area contributed by atoms with Gasteiger partial charge in [-0.3, -0.25) is 0 Å². The van der Waals surface area contributed by atoms with E-state index in [2.05, 4.69) is 25.5 Å². The van der Waals surface area contributed by atoms with Gasteiger partial charge in [-0.2, -0.15) is 0 Å². The summed E-state index contributed by atoms with van der Waals surface area (Å²) in [5.41, 5.74) is 6.26. The number of methoxy groups -OCH3 is 1. The smallest absolute Gasteiger partial charge is 0.340 e. The molecule has 84 valence electrons. The third kappa shape index (κ3) is 2.50. The number of ether oxygens (including phenoxy) is 1. The number of rotatable bonds is 3. The van der Waals surface area contributed by atoms with Gasteiger partial charge in [-0.15, -0.1) is 11.3 Å². The van der Waals surface area contributed by atoms with Crippen molar-refractivity contribution < 1.29 is 9.53 Å². The molecular weight excluding hydrogens is 210 g/mol. The zero-order chi connectivity index (χ0) is 11.6. The SMILES string of the molecule is COC(=O)c1cc(C(C)C(C)C)sc1N. The monoisotopic (exact) mass is 227 g/mol. The highest BCUT2D eigenvalue weighted by Crippen LogP contribution is 2.34. The fourth-order valence-electron chi connectivity index (χ4n) is 1.25. The van der Waals surface area contributed by atoms with Crippen molar-refractivity contribution in [3.05, 3.63) is 16.5 Å². The summed E-state index contributed by atoms with van der Waals surface area (Å²) in [6, 6.07) is 1.84. The molecule has 15 heavy (non-hydrogen) atoms. The van der Waals surface area contributed by atoms with Crippen LogP contribution in [0, 0.1) is 5.92 Å². The zero-order valence-electron chi connectivity index (χ0n) is 9.53. The van der Waals surface area contributed by atoms with Gasteiger partial charge in [-0.25, -0.2) is 4.79 Å². The van der Waals surface area contributed by atoms with E-state index in [-0.39, 0.29) is 5.97 Å². The van der Waals surface area contributed by atoms with E-state index in [9.17, 15) is 4.79 Å². The van der Waals surface area contributed by atoms with Crippen molar-refractivity contribution in [1.82, 2.24) is 0 Å². The number of hydrogen-bond acceptors (Lipinski definition) is 4. The second-order valence-corrected chi connectivity index (χ2v) is 5.07. The van der Waals surface area contributed by atoms with Crippen molar-refractivity contribution in [2.45, 2.75) is 26.7 Å². The van der Waals surface area contributed by atoms with Crippen LogP contribution in [0.1, 0.15) is 41.9 Å². The van der Waals surface area contributed by atoms with Crippen molar-refractivity contribution in [1.29, 1.82) is 0 Å². The standard InChI is InChI=1S/C11H17NO2S/c1-6(2)7(3)9-5-8(10(12)15-9)11(13)14-4/h5-7H,12H2,1-4H3. The fourth-order valence-corrected chi connectivity index (χ4v) is 2.39. The Morgan fingerprint density at radius 3 is 2.53 bits per heavy atom. The Kier molecular flexibility index (Phi) is 3.74. The van der Waals surface area contributed by atoms with Gasteiger partial charge in [0.05, 0.1) is 12.7 Å². The van der Waals surface area contributed by atoms with Crippen LogP contribution in [0.25, 0.3) is 0 Å². The molecule has 0 aromatic carbocycles. The Balaban J connectivity index is 3.00. The van der Waals surface area contributed by atoms with Crippen LogP contribution in [-0.4, -0.2) is 13.1 Å². The summed E-state index contributed by atoms with van der Waals surface area (Å²) in [4.78, 5) is 12.5. The highest BCUT2D eigenvalue weighted by molar-refractivity contribution is 7.16. The Morgan fingerprint density at radius 1 is 1.47 bits per heavy atom. The highest BCUT2D eigenvalue weighted by Gasteiger charge is 2.19. The van der Waals surface area contributed by atoms with Gasteiger partial charge in [0, 0.05) is 4.88 Å². The number of esters is 1. The van der Waals surface area contributed by atoms with Gasteiger partial charge in [0.2, 0.25) is 0 Å². The Bertz CT molecular complexity index is 357. The molecular formula is C11H17NO2S. The summed E-state index contributed by atoms with van der Waals surface area (Å²) >= 11 is 1.47. The third-order valence-electron chi connectivity index (χ3n) is 2.63. The summed E-state index contributed by atoms with van der Waals surface area (Å²) < 4.78 is 4.66. The summed E-state index contributed by atoms with van der Waals surface area (Å²) in [6.45, 7) is 6.44. The molecule has 0 amide bonds. The minimum absolute atomic E-state index is 0.356. The molecule has 0 aliphatic heterocycles. The maximum absolute atomic E-state index is 11.3. The van der Waals surface area contributed by atoms with Crippen molar-refractivity contribution in [2.24, 2.45) is 5.92 Å². The molecule has 0 saturated carbocycles. The molecule has 0 saturated heterocycles. The average molecular weight is 227 g/mol. The Morgan fingerprint density at radius 2 is 2.07 bits per heavy atom. The van der Waals surface area contributed by atoms with Crippen LogP contribution in [0.15, 0.2) is 6.07 Å². The normalized spacial score (nSPS) is 12.9. The van der Waals surface area contributed by atoms with E-state index >= 15 is 0 Å². The molecule has 3 nitrogen and oxygen atoms in total. The van der Waals surface area contributed by atoms with Gasteiger partial charge in [-0.05, 0) is 17.9 Å². The van der Waals surface area contributed by atoms with Crippen molar-refractivity contribution in [2.75, 3.05) is 12.8 Å². The first-order chi connectivity index (χ1) is 6.97.